The maximum Gasteiger partial charge on any atom is 0.258 e. The van der Waals surface area contributed by atoms with Gasteiger partial charge < -0.3 is 16.0 Å². The van der Waals surface area contributed by atoms with Gasteiger partial charge in [0.25, 0.3) is 5.56 Å². The van der Waals surface area contributed by atoms with Gasteiger partial charge in [-0.15, -0.1) is 0 Å². The zero-order valence-corrected chi connectivity index (χ0v) is 18.3. The van der Waals surface area contributed by atoms with Crippen LogP contribution in [0.3, 0.4) is 0 Å². The molecule has 0 saturated carbocycles. The topological polar surface area (TPSA) is 116 Å². The molecule has 1 aliphatic heterocycles. The van der Waals surface area contributed by atoms with Gasteiger partial charge in [0.15, 0.2) is 0 Å². The smallest absolute Gasteiger partial charge is 0.258 e. The quantitative estimate of drug-likeness (QED) is 0.438. The van der Waals surface area contributed by atoms with Gasteiger partial charge in [-0.25, -0.2) is 0 Å². The summed E-state index contributed by atoms with van der Waals surface area (Å²) < 4.78 is 0. The van der Waals surface area contributed by atoms with Crippen LogP contribution in [0.4, 0.5) is 17.5 Å². The van der Waals surface area contributed by atoms with Crippen LogP contribution in [0, 0.1) is 0 Å². The fourth-order valence-corrected chi connectivity index (χ4v) is 3.93. The first-order chi connectivity index (χ1) is 15.4. The number of fused-ring (bicyclic) bond motifs is 1. The molecule has 0 radical (unpaired) electrons. The number of carbonyl (C=O) groups excluding carboxylic acids is 2. The summed E-state index contributed by atoms with van der Waals surface area (Å²) in [4.78, 5) is 44.7. The molecule has 32 heavy (non-hydrogen) atoms. The largest absolute Gasteiger partial charge is 0.355 e. The second kappa shape index (κ2) is 9.42. The zero-order valence-electron chi connectivity index (χ0n) is 16.7. The highest BCUT2D eigenvalue weighted by molar-refractivity contribution is 6.36. The molecule has 2 aromatic carbocycles. The van der Waals surface area contributed by atoms with Crippen molar-refractivity contribution >= 4 is 52.5 Å². The lowest BCUT2D eigenvalue weighted by molar-refractivity contribution is -0.126. The highest BCUT2D eigenvalue weighted by Crippen LogP contribution is 2.31. The Morgan fingerprint density at radius 1 is 1.12 bits per heavy atom. The first-order valence-electron chi connectivity index (χ1n) is 9.88. The Labute approximate surface area is 193 Å². The molecule has 1 aliphatic rings. The van der Waals surface area contributed by atoms with Crippen LogP contribution < -0.4 is 21.5 Å². The van der Waals surface area contributed by atoms with Gasteiger partial charge in [0, 0.05) is 18.0 Å². The number of halogens is 2. The summed E-state index contributed by atoms with van der Waals surface area (Å²) in [5.41, 5.74) is 1.14. The van der Waals surface area contributed by atoms with Gasteiger partial charge in [0.1, 0.15) is 5.82 Å². The minimum absolute atomic E-state index is 0.0424. The second-order valence-corrected chi connectivity index (χ2v) is 8.10. The molecule has 1 aromatic heterocycles. The predicted molar refractivity (Wildman–Crippen MR) is 124 cm³/mol. The van der Waals surface area contributed by atoms with Crippen LogP contribution >= 0.6 is 23.2 Å². The summed E-state index contributed by atoms with van der Waals surface area (Å²) in [5, 5.41) is 9.07. The van der Waals surface area contributed by atoms with Crippen molar-refractivity contribution in [1.82, 2.24) is 15.3 Å². The normalized spacial score (nSPS) is 14.9. The van der Waals surface area contributed by atoms with Crippen molar-refractivity contribution in [2.75, 3.05) is 17.2 Å². The molecule has 4 N–H and O–H groups in total. The van der Waals surface area contributed by atoms with Crippen molar-refractivity contribution < 1.29 is 9.59 Å². The van der Waals surface area contributed by atoms with E-state index in [1.54, 1.807) is 18.2 Å². The van der Waals surface area contributed by atoms with Crippen LogP contribution in [-0.2, 0) is 16.0 Å². The third-order valence-electron chi connectivity index (χ3n) is 5.01. The second-order valence-electron chi connectivity index (χ2n) is 7.26. The van der Waals surface area contributed by atoms with E-state index < -0.39 is 23.3 Å². The average Bonchev–Trinajstić information content (AvgIpc) is 2.75. The molecule has 10 heteroatoms. The minimum atomic E-state index is -0.932. The highest BCUT2D eigenvalue weighted by atomic mass is 35.5. The van der Waals surface area contributed by atoms with E-state index in [0.717, 1.165) is 5.56 Å². The van der Waals surface area contributed by atoms with Crippen molar-refractivity contribution in [3.05, 3.63) is 80.1 Å². The van der Waals surface area contributed by atoms with E-state index in [4.69, 9.17) is 23.2 Å². The molecule has 3 aromatic rings. The maximum atomic E-state index is 12.8. The summed E-state index contributed by atoms with van der Waals surface area (Å²) in [6, 6.07) is 14.5. The molecule has 0 saturated heterocycles. The van der Waals surface area contributed by atoms with Gasteiger partial charge in [0.05, 0.1) is 22.2 Å². The van der Waals surface area contributed by atoms with Crippen LogP contribution in [0.15, 0.2) is 53.3 Å². The molecule has 0 unspecified atom stereocenters. The summed E-state index contributed by atoms with van der Waals surface area (Å²) in [6.07, 6.45) is 0.502. The van der Waals surface area contributed by atoms with E-state index in [1.165, 1.54) is 0 Å². The van der Waals surface area contributed by atoms with Crippen molar-refractivity contribution in [3.8, 4) is 0 Å². The van der Waals surface area contributed by atoms with Gasteiger partial charge in [-0.05, 0) is 30.2 Å². The molecular formula is C22H19Cl2N5O3. The number of rotatable bonds is 6. The summed E-state index contributed by atoms with van der Waals surface area (Å²) in [7, 11) is 0. The third-order valence-corrected chi connectivity index (χ3v) is 5.56. The van der Waals surface area contributed by atoms with Gasteiger partial charge in [-0.2, -0.15) is 4.98 Å². The Hall–Kier alpha value is -3.36. The number of hydrogen-bond acceptors (Lipinski definition) is 5. The number of carbonyl (C=O) groups is 2. The first kappa shape index (κ1) is 21.9. The van der Waals surface area contributed by atoms with Gasteiger partial charge in [0.2, 0.25) is 17.8 Å². The van der Waals surface area contributed by atoms with E-state index in [9.17, 15) is 14.4 Å². The van der Waals surface area contributed by atoms with Crippen molar-refractivity contribution in [2.45, 2.75) is 18.8 Å². The maximum absolute atomic E-state index is 12.8. The Bertz CT molecular complexity index is 1230. The number of H-pyrrole nitrogens is 1. The lowest BCUT2D eigenvalue weighted by Gasteiger charge is -2.23. The molecule has 8 nitrogen and oxygen atoms in total. The van der Waals surface area contributed by atoms with Crippen molar-refractivity contribution in [1.29, 1.82) is 0 Å². The molecule has 0 bridgehead atoms. The Morgan fingerprint density at radius 2 is 1.91 bits per heavy atom. The number of aromatic nitrogens is 2. The molecule has 2 heterocycles. The number of nitrogens with one attached hydrogen (secondary N) is 4. The number of aromatic amines is 1. The summed E-state index contributed by atoms with van der Waals surface area (Å²) in [6.45, 7) is 0.385. The molecule has 0 fully saturated rings. The molecule has 0 spiro atoms. The Morgan fingerprint density at radius 3 is 2.66 bits per heavy atom. The van der Waals surface area contributed by atoms with Gasteiger partial charge in [-0.3, -0.25) is 19.4 Å². The molecule has 0 aliphatic carbocycles. The first-order valence-corrected chi connectivity index (χ1v) is 10.6. The van der Waals surface area contributed by atoms with Gasteiger partial charge in [-0.1, -0.05) is 53.5 Å². The number of hydrogen-bond donors (Lipinski definition) is 4. The van der Waals surface area contributed by atoms with Crippen LogP contribution in [0.25, 0.3) is 0 Å². The fourth-order valence-electron chi connectivity index (χ4n) is 3.47. The van der Waals surface area contributed by atoms with Crippen LogP contribution in [0.2, 0.25) is 10.0 Å². The molecule has 1 atom stereocenters. The van der Waals surface area contributed by atoms with Crippen LogP contribution in [0.5, 0.6) is 0 Å². The molecule has 2 amide bonds. The summed E-state index contributed by atoms with van der Waals surface area (Å²) in [5.74, 6) is -1.61. The molecule has 164 valence electrons. The number of anilines is 3. The standard InChI is InChI=1S/C22H19Cl2N5O3/c23-13-6-7-16(15(24)10-13)26-22-28-19-18(21(32)29-22)14(11-17(30)27-19)20(31)25-9-8-12-4-2-1-3-5-12/h1-7,10,14H,8-9,11H2,(H,25,31)(H3,26,27,28,29,30,32)/t14-/m0/s1. The van der Waals surface area contributed by atoms with E-state index in [0.29, 0.717) is 28.7 Å². The number of benzene rings is 2. The van der Waals surface area contributed by atoms with E-state index in [2.05, 4.69) is 25.9 Å². The molecule has 4 rings (SSSR count). The fraction of sp³-hybridized carbons (Fsp3) is 0.182. The average molecular weight is 472 g/mol. The van der Waals surface area contributed by atoms with Crippen LogP contribution in [-0.4, -0.2) is 28.3 Å². The van der Waals surface area contributed by atoms with Crippen molar-refractivity contribution in [3.63, 3.8) is 0 Å². The van der Waals surface area contributed by atoms with Crippen molar-refractivity contribution in [2.24, 2.45) is 0 Å². The third kappa shape index (κ3) is 4.92. The van der Waals surface area contributed by atoms with E-state index in [-0.39, 0.29) is 23.8 Å². The Kier molecular flexibility index (Phi) is 6.43. The van der Waals surface area contributed by atoms with E-state index >= 15 is 0 Å². The number of nitrogens with zero attached hydrogens (tertiary/aromatic N) is 1. The Balaban J connectivity index is 1.53. The zero-order chi connectivity index (χ0) is 22.7. The SMILES string of the molecule is O=C1C[C@H](C(=O)NCCc2ccccc2)c2c(nc(Nc3ccc(Cl)cc3Cl)[nH]c2=O)N1. The lowest BCUT2D eigenvalue weighted by Crippen LogP contribution is -2.39. The summed E-state index contributed by atoms with van der Waals surface area (Å²) >= 11 is 12.1. The minimum Gasteiger partial charge on any atom is -0.355 e. The van der Waals surface area contributed by atoms with E-state index in [1.807, 2.05) is 30.3 Å². The highest BCUT2D eigenvalue weighted by Gasteiger charge is 2.34. The number of amides is 2. The lowest BCUT2D eigenvalue weighted by atomic mass is 9.92. The monoisotopic (exact) mass is 471 g/mol. The molecular weight excluding hydrogens is 453 g/mol. The van der Waals surface area contributed by atoms with Gasteiger partial charge >= 0.3 is 0 Å². The van der Waals surface area contributed by atoms with Crippen LogP contribution in [0.1, 0.15) is 23.5 Å². The predicted octanol–water partition coefficient (Wildman–Crippen LogP) is 3.61.